The van der Waals surface area contributed by atoms with Gasteiger partial charge in [0.15, 0.2) is 0 Å². The summed E-state index contributed by atoms with van der Waals surface area (Å²) in [7, 11) is 0. The van der Waals surface area contributed by atoms with E-state index in [2.05, 4.69) is 32.6 Å². The molecule has 0 aliphatic carbocycles. The molecule has 0 unspecified atom stereocenters. The van der Waals surface area contributed by atoms with E-state index in [1.54, 1.807) is 0 Å². The lowest BCUT2D eigenvalue weighted by Gasteiger charge is -2.33. The van der Waals surface area contributed by atoms with Gasteiger partial charge in [-0.3, -0.25) is 4.79 Å². The number of hydrogen-bond acceptors (Lipinski definition) is 2. The third-order valence-corrected chi connectivity index (χ3v) is 3.80. The maximum atomic E-state index is 12.3. The van der Waals surface area contributed by atoms with Crippen LogP contribution in [0.15, 0.2) is 0 Å². The Morgan fingerprint density at radius 1 is 1.41 bits per heavy atom. The van der Waals surface area contributed by atoms with E-state index in [9.17, 15) is 4.79 Å². The molecule has 100 valence electrons. The molecular formula is C14H28N2O. The van der Waals surface area contributed by atoms with E-state index in [4.69, 9.17) is 5.73 Å². The number of carbonyl (C=O) groups is 1. The second-order valence-electron chi connectivity index (χ2n) is 6.40. The summed E-state index contributed by atoms with van der Waals surface area (Å²) in [6.45, 7) is 10.2. The summed E-state index contributed by atoms with van der Waals surface area (Å²) < 4.78 is 0. The molecule has 0 bridgehead atoms. The van der Waals surface area contributed by atoms with E-state index in [0.717, 1.165) is 25.8 Å². The fraction of sp³-hybridized carbons (Fsp3) is 0.929. The molecule has 0 aromatic carbocycles. The fourth-order valence-corrected chi connectivity index (χ4v) is 2.86. The van der Waals surface area contributed by atoms with Crippen LogP contribution in [0.25, 0.3) is 0 Å². The highest BCUT2D eigenvalue weighted by Crippen LogP contribution is 2.29. The molecule has 1 fully saturated rings. The van der Waals surface area contributed by atoms with E-state index in [0.29, 0.717) is 30.7 Å². The van der Waals surface area contributed by atoms with Gasteiger partial charge >= 0.3 is 0 Å². The number of likely N-dealkylation sites (tertiary alicyclic amines) is 1. The molecule has 3 heteroatoms. The van der Waals surface area contributed by atoms with Crippen molar-refractivity contribution in [1.82, 2.24) is 4.90 Å². The van der Waals surface area contributed by atoms with Crippen LogP contribution >= 0.6 is 0 Å². The topological polar surface area (TPSA) is 46.3 Å². The first-order chi connectivity index (χ1) is 7.86. The Balaban J connectivity index is 2.52. The van der Waals surface area contributed by atoms with Crippen molar-refractivity contribution in [3.05, 3.63) is 0 Å². The maximum absolute atomic E-state index is 12.3. The van der Waals surface area contributed by atoms with Gasteiger partial charge in [-0.05, 0) is 51.5 Å². The van der Waals surface area contributed by atoms with Crippen molar-refractivity contribution in [2.24, 2.45) is 17.6 Å². The highest BCUT2D eigenvalue weighted by molar-refractivity contribution is 5.77. The van der Waals surface area contributed by atoms with Crippen molar-refractivity contribution in [2.75, 3.05) is 13.1 Å². The van der Waals surface area contributed by atoms with Gasteiger partial charge in [0, 0.05) is 18.5 Å². The lowest BCUT2D eigenvalue weighted by atomic mass is 9.93. The monoisotopic (exact) mass is 240 g/mol. The summed E-state index contributed by atoms with van der Waals surface area (Å²) in [6.07, 6.45) is 3.93. The highest BCUT2D eigenvalue weighted by atomic mass is 16.2. The molecule has 1 atom stereocenters. The van der Waals surface area contributed by atoms with Crippen molar-refractivity contribution in [3.63, 3.8) is 0 Å². The van der Waals surface area contributed by atoms with E-state index in [1.807, 2.05) is 0 Å². The molecule has 1 amide bonds. The normalized spacial score (nSPS) is 20.9. The summed E-state index contributed by atoms with van der Waals surface area (Å²) in [5.74, 6) is 1.26. The van der Waals surface area contributed by atoms with Crippen LogP contribution < -0.4 is 5.73 Å². The summed E-state index contributed by atoms with van der Waals surface area (Å²) >= 11 is 0. The smallest absolute Gasteiger partial charge is 0.223 e. The van der Waals surface area contributed by atoms with Crippen LogP contribution in [0.3, 0.4) is 0 Å². The molecule has 1 saturated heterocycles. The minimum atomic E-state index is 0.0497. The second kappa shape index (κ2) is 5.85. The first kappa shape index (κ1) is 14.5. The SMILES string of the molecule is CC(C)C[C@H](CN)CC(=O)N1CCCC1(C)C. The molecule has 0 aromatic heterocycles. The van der Waals surface area contributed by atoms with Crippen LogP contribution in [0.4, 0.5) is 0 Å². The zero-order chi connectivity index (χ0) is 13.1. The molecule has 0 radical (unpaired) electrons. The van der Waals surface area contributed by atoms with Crippen LogP contribution in [-0.2, 0) is 4.79 Å². The zero-order valence-corrected chi connectivity index (χ0v) is 11.8. The summed E-state index contributed by atoms with van der Waals surface area (Å²) in [5, 5.41) is 0. The molecule has 1 aliphatic rings. The Kier molecular flexibility index (Phi) is 4.99. The Morgan fingerprint density at radius 3 is 2.47 bits per heavy atom. The van der Waals surface area contributed by atoms with E-state index >= 15 is 0 Å². The highest BCUT2D eigenvalue weighted by Gasteiger charge is 2.35. The molecule has 2 N–H and O–H groups in total. The van der Waals surface area contributed by atoms with Crippen molar-refractivity contribution in [2.45, 2.75) is 58.9 Å². The number of carbonyl (C=O) groups excluding carboxylic acids is 1. The number of nitrogens with two attached hydrogens (primary N) is 1. The first-order valence-corrected chi connectivity index (χ1v) is 6.87. The average Bonchev–Trinajstić information content (AvgIpc) is 2.56. The van der Waals surface area contributed by atoms with Gasteiger partial charge < -0.3 is 10.6 Å². The van der Waals surface area contributed by atoms with E-state index in [1.165, 1.54) is 0 Å². The molecule has 17 heavy (non-hydrogen) atoms. The Morgan fingerprint density at radius 2 is 2.06 bits per heavy atom. The summed E-state index contributed by atoms with van der Waals surface area (Å²) in [6, 6.07) is 0. The number of hydrogen-bond donors (Lipinski definition) is 1. The van der Waals surface area contributed by atoms with Crippen molar-refractivity contribution in [3.8, 4) is 0 Å². The Bertz CT molecular complexity index is 261. The van der Waals surface area contributed by atoms with Gasteiger partial charge in [-0.1, -0.05) is 13.8 Å². The fourth-order valence-electron chi connectivity index (χ4n) is 2.86. The van der Waals surface area contributed by atoms with Gasteiger partial charge in [0.1, 0.15) is 0 Å². The minimum absolute atomic E-state index is 0.0497. The Labute approximate surface area is 106 Å². The molecule has 1 heterocycles. The molecular weight excluding hydrogens is 212 g/mol. The largest absolute Gasteiger partial charge is 0.338 e. The second-order valence-corrected chi connectivity index (χ2v) is 6.40. The van der Waals surface area contributed by atoms with Crippen molar-refractivity contribution >= 4 is 5.91 Å². The lowest BCUT2D eigenvalue weighted by molar-refractivity contribution is -0.135. The number of rotatable bonds is 5. The van der Waals surface area contributed by atoms with Gasteiger partial charge in [0.2, 0.25) is 5.91 Å². The standard InChI is InChI=1S/C14H28N2O/c1-11(2)8-12(10-15)9-13(17)16-7-5-6-14(16,3)4/h11-12H,5-10,15H2,1-4H3/t12-/m0/s1. The third kappa shape index (κ3) is 3.98. The quantitative estimate of drug-likeness (QED) is 0.802. The summed E-state index contributed by atoms with van der Waals surface area (Å²) in [5.41, 5.74) is 5.81. The van der Waals surface area contributed by atoms with Gasteiger partial charge in [-0.15, -0.1) is 0 Å². The van der Waals surface area contributed by atoms with Crippen LogP contribution in [0, 0.1) is 11.8 Å². The van der Waals surface area contributed by atoms with Crippen molar-refractivity contribution < 1.29 is 4.79 Å². The van der Waals surface area contributed by atoms with Crippen LogP contribution in [0.5, 0.6) is 0 Å². The maximum Gasteiger partial charge on any atom is 0.223 e. The molecule has 0 spiro atoms. The third-order valence-electron chi connectivity index (χ3n) is 3.80. The zero-order valence-electron chi connectivity index (χ0n) is 11.8. The lowest BCUT2D eigenvalue weighted by Crippen LogP contribution is -2.43. The van der Waals surface area contributed by atoms with E-state index < -0.39 is 0 Å². The van der Waals surface area contributed by atoms with Gasteiger partial charge in [0.25, 0.3) is 0 Å². The van der Waals surface area contributed by atoms with E-state index in [-0.39, 0.29) is 5.54 Å². The first-order valence-electron chi connectivity index (χ1n) is 6.87. The molecule has 1 rings (SSSR count). The van der Waals surface area contributed by atoms with Crippen LogP contribution in [-0.4, -0.2) is 29.4 Å². The summed E-state index contributed by atoms with van der Waals surface area (Å²) in [4.78, 5) is 14.3. The number of amides is 1. The molecule has 0 aromatic rings. The predicted molar refractivity (Wildman–Crippen MR) is 71.6 cm³/mol. The predicted octanol–water partition coefficient (Wildman–Crippen LogP) is 2.40. The van der Waals surface area contributed by atoms with Crippen LogP contribution in [0.1, 0.15) is 53.4 Å². The van der Waals surface area contributed by atoms with Gasteiger partial charge in [-0.2, -0.15) is 0 Å². The molecule has 1 aliphatic heterocycles. The van der Waals surface area contributed by atoms with Crippen molar-refractivity contribution in [1.29, 1.82) is 0 Å². The van der Waals surface area contributed by atoms with Gasteiger partial charge in [0.05, 0.1) is 0 Å². The molecule has 0 saturated carbocycles. The van der Waals surface area contributed by atoms with Gasteiger partial charge in [-0.25, -0.2) is 0 Å². The minimum Gasteiger partial charge on any atom is -0.338 e. The average molecular weight is 240 g/mol. The Hall–Kier alpha value is -0.570. The van der Waals surface area contributed by atoms with Crippen LogP contribution in [0.2, 0.25) is 0 Å². The number of nitrogens with zero attached hydrogens (tertiary/aromatic N) is 1. The molecule has 3 nitrogen and oxygen atoms in total.